The molecule has 1 saturated heterocycles. The van der Waals surface area contributed by atoms with Crippen LogP contribution in [0.1, 0.15) is 48.3 Å². The monoisotopic (exact) mass is 430 g/mol. The lowest BCUT2D eigenvalue weighted by molar-refractivity contribution is -0.0264. The summed E-state index contributed by atoms with van der Waals surface area (Å²) in [5.41, 5.74) is 3.07. The Balaban J connectivity index is 1.75. The highest BCUT2D eigenvalue weighted by Crippen LogP contribution is 2.51. The predicted molar refractivity (Wildman–Crippen MR) is 112 cm³/mol. The van der Waals surface area contributed by atoms with Crippen LogP contribution in [0.2, 0.25) is 0 Å². The first-order valence-electron chi connectivity index (χ1n) is 10.4. The molecule has 8 heteroatoms. The lowest BCUT2D eigenvalue weighted by Crippen LogP contribution is -2.56. The van der Waals surface area contributed by atoms with E-state index in [-0.39, 0.29) is 30.1 Å². The average molecular weight is 430 g/mol. The molecule has 4 heterocycles. The molecular weight excluding hydrogens is 406 g/mol. The Bertz CT molecular complexity index is 1170. The Kier molecular flexibility index (Phi) is 4.08. The van der Waals surface area contributed by atoms with E-state index in [9.17, 15) is 23.5 Å². The summed E-state index contributed by atoms with van der Waals surface area (Å²) in [6.07, 6.45) is 2.76. The Hall–Kier alpha value is -2.90. The minimum Gasteiger partial charge on any atom is -0.491 e. The fraction of sp³-hybridized carbons (Fsp3) is 0.478. The number of halogens is 2. The first-order chi connectivity index (χ1) is 14.5. The minimum atomic E-state index is -2.72. The lowest BCUT2D eigenvalue weighted by Gasteiger charge is -2.43. The number of aromatic nitrogens is 1. The number of hydrogen-bond donors (Lipinski definition) is 1. The van der Waals surface area contributed by atoms with Gasteiger partial charge in [0.2, 0.25) is 0 Å². The molecule has 1 aromatic heterocycles. The number of carboxylic acids is 1. The Morgan fingerprint density at radius 3 is 2.55 bits per heavy atom. The van der Waals surface area contributed by atoms with Gasteiger partial charge >= 0.3 is 5.97 Å². The number of carboxylic acid groups (broad SMARTS) is 1. The molecule has 0 radical (unpaired) electrons. The van der Waals surface area contributed by atoms with Gasteiger partial charge in [0.25, 0.3) is 5.92 Å². The van der Waals surface area contributed by atoms with E-state index in [1.54, 1.807) is 4.90 Å². The third kappa shape index (κ3) is 3.03. The maximum Gasteiger partial charge on any atom is 0.341 e. The van der Waals surface area contributed by atoms with E-state index in [0.717, 1.165) is 16.7 Å². The smallest absolute Gasteiger partial charge is 0.341 e. The second kappa shape index (κ2) is 6.31. The van der Waals surface area contributed by atoms with Crippen LogP contribution in [-0.2, 0) is 12.8 Å². The molecule has 1 aromatic carbocycles. The van der Waals surface area contributed by atoms with E-state index in [1.165, 1.54) is 12.3 Å². The molecule has 1 fully saturated rings. The molecule has 0 amide bonds. The maximum absolute atomic E-state index is 13.6. The average Bonchev–Trinajstić information content (AvgIpc) is 3.13. The summed E-state index contributed by atoms with van der Waals surface area (Å²) in [6, 6.07) is 3.13. The van der Waals surface area contributed by atoms with E-state index in [2.05, 4.69) is 20.8 Å². The van der Waals surface area contributed by atoms with Crippen molar-refractivity contribution in [3.05, 3.63) is 45.2 Å². The number of ether oxygens (including phenoxy) is 1. The van der Waals surface area contributed by atoms with Crippen LogP contribution in [-0.4, -0.2) is 41.3 Å². The summed E-state index contributed by atoms with van der Waals surface area (Å²) in [5, 5.41) is 9.48. The summed E-state index contributed by atoms with van der Waals surface area (Å²) >= 11 is 0. The Morgan fingerprint density at radius 1 is 1.23 bits per heavy atom. The zero-order valence-electron chi connectivity index (χ0n) is 17.7. The van der Waals surface area contributed by atoms with Crippen LogP contribution in [0.5, 0.6) is 5.75 Å². The number of anilines is 1. The summed E-state index contributed by atoms with van der Waals surface area (Å²) in [4.78, 5) is 25.8. The molecule has 0 aliphatic carbocycles. The van der Waals surface area contributed by atoms with Crippen LogP contribution < -0.4 is 15.1 Å². The van der Waals surface area contributed by atoms with Gasteiger partial charge in [-0.2, -0.15) is 0 Å². The van der Waals surface area contributed by atoms with Crippen LogP contribution in [0, 0.1) is 5.41 Å². The topological polar surface area (TPSA) is 71.8 Å². The van der Waals surface area contributed by atoms with Crippen LogP contribution >= 0.6 is 0 Å². The van der Waals surface area contributed by atoms with Gasteiger partial charge in [0.15, 0.2) is 5.43 Å². The van der Waals surface area contributed by atoms with Gasteiger partial charge in [-0.15, -0.1) is 0 Å². The molecule has 6 nitrogen and oxygen atoms in total. The normalized spacial score (nSPS) is 20.9. The molecule has 31 heavy (non-hydrogen) atoms. The van der Waals surface area contributed by atoms with Crippen molar-refractivity contribution >= 4 is 11.7 Å². The highest BCUT2D eigenvalue weighted by atomic mass is 19.3. The summed E-state index contributed by atoms with van der Waals surface area (Å²) in [6.45, 7) is 6.01. The van der Waals surface area contributed by atoms with Crippen molar-refractivity contribution in [1.29, 1.82) is 0 Å². The first-order valence-corrected chi connectivity index (χ1v) is 10.4. The van der Waals surface area contributed by atoms with Crippen molar-refractivity contribution in [2.75, 3.05) is 24.6 Å². The molecule has 164 valence electrons. The standard InChI is InChI=1S/C23H24F2N2O4/c1-22(2,3)19-7-13-12-4-5-31-20(12)17(26-10-23(24,25)11-26)6-14(13)16-8-18(28)15(21(29)30)9-27(16)19/h6,8-9,19H,4-5,7,10-11H2,1-3H3,(H,29,30)/t19-/m0/s1. The van der Waals surface area contributed by atoms with Gasteiger partial charge in [-0.25, -0.2) is 13.6 Å². The summed E-state index contributed by atoms with van der Waals surface area (Å²) < 4.78 is 34.9. The number of carbonyl (C=O) groups is 1. The van der Waals surface area contributed by atoms with Gasteiger partial charge in [0.1, 0.15) is 11.3 Å². The second-order valence-electron chi connectivity index (χ2n) is 9.77. The van der Waals surface area contributed by atoms with Gasteiger partial charge in [0.05, 0.1) is 31.1 Å². The fourth-order valence-corrected chi connectivity index (χ4v) is 5.00. The summed E-state index contributed by atoms with van der Waals surface area (Å²) in [7, 11) is 0. The predicted octanol–water partition coefficient (Wildman–Crippen LogP) is 3.75. The van der Waals surface area contributed by atoms with Gasteiger partial charge in [-0.05, 0) is 23.5 Å². The number of benzene rings is 1. The molecule has 2 aromatic rings. The van der Waals surface area contributed by atoms with Gasteiger partial charge in [-0.3, -0.25) is 4.79 Å². The molecule has 5 rings (SSSR count). The third-order valence-corrected chi connectivity index (χ3v) is 6.58. The molecule has 0 saturated carbocycles. The maximum atomic E-state index is 13.6. The number of rotatable bonds is 2. The number of nitrogens with zero attached hydrogens (tertiary/aromatic N) is 2. The number of alkyl halides is 2. The first kappa shape index (κ1) is 20.0. The van der Waals surface area contributed by atoms with Gasteiger partial charge in [-0.1, -0.05) is 20.8 Å². The lowest BCUT2D eigenvalue weighted by atomic mass is 9.77. The minimum absolute atomic E-state index is 0.0717. The largest absolute Gasteiger partial charge is 0.491 e. The molecule has 3 aliphatic rings. The highest BCUT2D eigenvalue weighted by molar-refractivity contribution is 5.88. The zero-order valence-corrected chi connectivity index (χ0v) is 17.7. The van der Waals surface area contributed by atoms with Gasteiger partial charge < -0.3 is 19.3 Å². The third-order valence-electron chi connectivity index (χ3n) is 6.58. The quantitative estimate of drug-likeness (QED) is 0.786. The molecular formula is C23H24F2N2O4. The van der Waals surface area contributed by atoms with Crippen molar-refractivity contribution in [2.45, 2.75) is 45.6 Å². The van der Waals surface area contributed by atoms with E-state index in [4.69, 9.17) is 4.74 Å². The van der Waals surface area contributed by atoms with Crippen LogP contribution in [0.25, 0.3) is 11.3 Å². The molecule has 3 aliphatic heterocycles. The number of hydrogen-bond acceptors (Lipinski definition) is 4. The molecule has 1 atom stereocenters. The number of fused-ring (bicyclic) bond motifs is 5. The molecule has 0 unspecified atom stereocenters. The van der Waals surface area contributed by atoms with E-state index < -0.39 is 17.3 Å². The fourth-order valence-electron chi connectivity index (χ4n) is 5.00. The highest BCUT2D eigenvalue weighted by Gasteiger charge is 2.46. The second-order valence-corrected chi connectivity index (χ2v) is 9.77. The van der Waals surface area contributed by atoms with Gasteiger partial charge in [0, 0.05) is 35.9 Å². The van der Waals surface area contributed by atoms with Crippen LogP contribution in [0.3, 0.4) is 0 Å². The van der Waals surface area contributed by atoms with Crippen molar-refractivity contribution in [3.8, 4) is 17.0 Å². The van der Waals surface area contributed by atoms with E-state index in [1.807, 2.05) is 10.6 Å². The van der Waals surface area contributed by atoms with Crippen molar-refractivity contribution in [2.24, 2.45) is 5.41 Å². The van der Waals surface area contributed by atoms with Crippen molar-refractivity contribution in [1.82, 2.24) is 4.57 Å². The van der Waals surface area contributed by atoms with Crippen LogP contribution in [0.15, 0.2) is 23.1 Å². The van der Waals surface area contributed by atoms with E-state index >= 15 is 0 Å². The number of aromatic carboxylic acids is 1. The Morgan fingerprint density at radius 2 is 1.94 bits per heavy atom. The van der Waals surface area contributed by atoms with Crippen molar-refractivity contribution < 1.29 is 23.4 Å². The molecule has 0 spiro atoms. The molecule has 0 bridgehead atoms. The SMILES string of the molecule is CC(C)(C)[C@@H]1Cc2c(cc(N3CC(F)(F)C3)c3c2CCO3)-c2cc(=O)c(C(=O)O)cn21. The van der Waals surface area contributed by atoms with Crippen molar-refractivity contribution in [3.63, 3.8) is 0 Å². The number of pyridine rings is 1. The zero-order chi connectivity index (χ0) is 22.3. The Labute approximate surface area is 178 Å². The van der Waals surface area contributed by atoms with Crippen LogP contribution in [0.4, 0.5) is 14.5 Å². The molecule has 1 N–H and O–H groups in total. The van der Waals surface area contributed by atoms with E-state index in [0.29, 0.717) is 36.6 Å². The summed E-state index contributed by atoms with van der Waals surface area (Å²) in [5.74, 6) is -3.31.